The number of amides is 1. The van der Waals surface area contributed by atoms with Crippen LogP contribution in [0.15, 0.2) is 46.8 Å². The van der Waals surface area contributed by atoms with Gasteiger partial charge in [0, 0.05) is 43.7 Å². The third-order valence-electron chi connectivity index (χ3n) is 4.97. The second kappa shape index (κ2) is 11.4. The molecule has 1 aromatic heterocycles. The number of benzene rings is 1. The van der Waals surface area contributed by atoms with Crippen LogP contribution < -0.4 is 10.6 Å². The van der Waals surface area contributed by atoms with Gasteiger partial charge in [-0.2, -0.15) is 0 Å². The van der Waals surface area contributed by atoms with Crippen LogP contribution in [0.25, 0.3) is 0 Å². The van der Waals surface area contributed by atoms with Crippen LogP contribution in [0.2, 0.25) is 0 Å². The summed E-state index contributed by atoms with van der Waals surface area (Å²) in [6, 6.07) is 12.3. The molecule has 152 valence electrons. The normalized spacial score (nSPS) is 14.0. The molecule has 1 aromatic carbocycles. The van der Waals surface area contributed by atoms with Gasteiger partial charge in [0.05, 0.1) is 0 Å². The first kappa shape index (κ1) is 22.7. The fourth-order valence-electron chi connectivity index (χ4n) is 3.08. The van der Waals surface area contributed by atoms with Crippen LogP contribution in [-0.2, 0) is 17.8 Å². The number of anilines is 1. The van der Waals surface area contributed by atoms with Crippen LogP contribution in [0.3, 0.4) is 0 Å². The maximum absolute atomic E-state index is 12.1. The van der Waals surface area contributed by atoms with E-state index in [-0.39, 0.29) is 35.8 Å². The van der Waals surface area contributed by atoms with Crippen molar-refractivity contribution in [2.75, 3.05) is 26.0 Å². The molecule has 0 radical (unpaired) electrons. The Morgan fingerprint density at radius 2 is 2.11 bits per heavy atom. The molecule has 0 aliphatic heterocycles. The summed E-state index contributed by atoms with van der Waals surface area (Å²) in [4.78, 5) is 20.0. The lowest BCUT2D eigenvalue weighted by molar-refractivity contribution is -0.122. The van der Waals surface area contributed by atoms with E-state index in [0.29, 0.717) is 6.54 Å². The summed E-state index contributed by atoms with van der Waals surface area (Å²) < 4.78 is 0. The van der Waals surface area contributed by atoms with E-state index in [9.17, 15) is 4.79 Å². The zero-order valence-corrected chi connectivity index (χ0v) is 19.6. The molecular formula is C21H29IN4OS. The highest BCUT2D eigenvalue weighted by Crippen LogP contribution is 2.27. The first-order valence-corrected chi connectivity index (χ1v) is 10.4. The molecule has 28 heavy (non-hydrogen) atoms. The van der Waals surface area contributed by atoms with Crippen molar-refractivity contribution in [2.24, 2.45) is 10.9 Å². The van der Waals surface area contributed by atoms with Gasteiger partial charge in [0.1, 0.15) is 0 Å². The number of aliphatic imine (C=N–C) groups is 1. The van der Waals surface area contributed by atoms with Gasteiger partial charge in [-0.15, -0.1) is 35.3 Å². The van der Waals surface area contributed by atoms with Crippen LogP contribution in [-0.4, -0.2) is 37.4 Å². The lowest BCUT2D eigenvalue weighted by Crippen LogP contribution is -2.39. The number of thiophene rings is 1. The number of rotatable bonds is 7. The summed E-state index contributed by atoms with van der Waals surface area (Å²) in [6.45, 7) is 1.58. The predicted octanol–water partition coefficient (Wildman–Crippen LogP) is 4.35. The number of nitrogens with zero attached hydrogens (tertiary/aromatic N) is 2. The van der Waals surface area contributed by atoms with Crippen molar-refractivity contribution in [3.63, 3.8) is 0 Å². The molecule has 0 bridgehead atoms. The molecule has 0 spiro atoms. The fraction of sp³-hybridized carbons (Fsp3) is 0.429. The summed E-state index contributed by atoms with van der Waals surface area (Å²) in [7, 11) is 3.86. The lowest BCUT2D eigenvalue weighted by atomic mass is 9.85. The molecule has 1 amide bonds. The summed E-state index contributed by atoms with van der Waals surface area (Å²) in [5, 5.41) is 8.56. The second-order valence-corrected chi connectivity index (χ2v) is 8.00. The average Bonchev–Trinajstić information content (AvgIpc) is 3.12. The molecule has 1 saturated carbocycles. The molecule has 2 aromatic rings. The molecule has 1 aliphatic rings. The van der Waals surface area contributed by atoms with E-state index in [1.54, 1.807) is 18.4 Å². The van der Waals surface area contributed by atoms with Crippen LogP contribution in [0.4, 0.5) is 5.69 Å². The topological polar surface area (TPSA) is 56.7 Å². The summed E-state index contributed by atoms with van der Waals surface area (Å²) in [6.07, 6.45) is 4.21. The highest BCUT2D eigenvalue weighted by Gasteiger charge is 2.25. The molecule has 0 saturated heterocycles. The van der Waals surface area contributed by atoms with Gasteiger partial charge in [0.2, 0.25) is 5.91 Å². The largest absolute Gasteiger partial charge is 0.352 e. The number of hydrogen-bond donors (Lipinski definition) is 2. The van der Waals surface area contributed by atoms with E-state index < -0.39 is 0 Å². The van der Waals surface area contributed by atoms with Crippen molar-refractivity contribution >= 4 is 52.9 Å². The van der Waals surface area contributed by atoms with E-state index in [0.717, 1.165) is 43.0 Å². The van der Waals surface area contributed by atoms with Gasteiger partial charge in [0.15, 0.2) is 5.96 Å². The number of halogens is 1. The first-order valence-electron chi connectivity index (χ1n) is 9.49. The number of nitrogens with one attached hydrogen (secondary N) is 2. The first-order chi connectivity index (χ1) is 13.2. The minimum atomic E-state index is 0. The summed E-state index contributed by atoms with van der Waals surface area (Å²) >= 11 is 1.79. The zero-order chi connectivity index (χ0) is 19.1. The van der Waals surface area contributed by atoms with Crippen LogP contribution in [0.1, 0.15) is 29.7 Å². The number of carbonyl (C=O) groups is 1. The average molecular weight is 512 g/mol. The van der Waals surface area contributed by atoms with E-state index in [4.69, 9.17) is 0 Å². The van der Waals surface area contributed by atoms with Crippen LogP contribution in [0, 0.1) is 5.92 Å². The molecule has 3 rings (SSSR count). The molecule has 2 N–H and O–H groups in total. The van der Waals surface area contributed by atoms with Crippen molar-refractivity contribution in [2.45, 2.75) is 32.2 Å². The van der Waals surface area contributed by atoms with Gasteiger partial charge in [-0.3, -0.25) is 9.79 Å². The maximum Gasteiger partial charge on any atom is 0.227 e. The molecule has 7 heteroatoms. The van der Waals surface area contributed by atoms with Gasteiger partial charge in [-0.1, -0.05) is 24.6 Å². The third kappa shape index (κ3) is 6.48. The molecule has 5 nitrogen and oxygen atoms in total. The Labute approximate surface area is 188 Å². The third-order valence-corrected chi connectivity index (χ3v) is 5.90. The molecule has 0 unspecified atom stereocenters. The molecule has 1 heterocycles. The van der Waals surface area contributed by atoms with Gasteiger partial charge < -0.3 is 15.5 Å². The Bertz CT molecular complexity index is 774. The van der Waals surface area contributed by atoms with Crippen LogP contribution >= 0.6 is 35.3 Å². The number of guanidine groups is 1. The van der Waals surface area contributed by atoms with Crippen LogP contribution in [0.5, 0.6) is 0 Å². The minimum Gasteiger partial charge on any atom is -0.352 e. The van der Waals surface area contributed by atoms with Gasteiger partial charge in [0.25, 0.3) is 0 Å². The maximum atomic E-state index is 12.1. The summed E-state index contributed by atoms with van der Waals surface area (Å²) in [5.41, 5.74) is 1.99. The summed E-state index contributed by atoms with van der Waals surface area (Å²) in [5.74, 6) is 1.22. The smallest absolute Gasteiger partial charge is 0.227 e. The quantitative estimate of drug-likeness (QED) is 0.330. The monoisotopic (exact) mass is 512 g/mol. The SMILES string of the molecule is CN=C(NCc1cccc(NC(=O)C2CCC2)c1)N(C)CCc1cccs1.I. The lowest BCUT2D eigenvalue weighted by Gasteiger charge is -2.24. The molecule has 0 atom stereocenters. The standard InChI is InChI=1S/C21H28N4OS.HI/c1-22-21(25(2)12-11-19-10-5-13-27-19)23-15-16-6-3-9-18(14-16)24-20(26)17-7-4-8-17;/h3,5-6,9-10,13-14,17H,4,7-8,11-12,15H2,1-2H3,(H,22,23)(H,24,26);1H. The Balaban J connectivity index is 0.00000280. The molecule has 1 aliphatic carbocycles. The van der Waals surface area contributed by atoms with Crippen molar-refractivity contribution in [1.82, 2.24) is 10.2 Å². The zero-order valence-electron chi connectivity index (χ0n) is 16.5. The Morgan fingerprint density at radius 3 is 2.75 bits per heavy atom. The van der Waals surface area contributed by atoms with Gasteiger partial charge >= 0.3 is 0 Å². The number of hydrogen-bond acceptors (Lipinski definition) is 3. The number of likely N-dealkylation sites (N-methyl/N-ethyl adjacent to an activating group) is 1. The van der Waals surface area contributed by atoms with Crippen molar-refractivity contribution in [3.8, 4) is 0 Å². The molecule has 1 fully saturated rings. The van der Waals surface area contributed by atoms with E-state index in [1.807, 2.05) is 18.2 Å². The van der Waals surface area contributed by atoms with E-state index in [1.165, 1.54) is 11.3 Å². The molecular weight excluding hydrogens is 483 g/mol. The highest BCUT2D eigenvalue weighted by molar-refractivity contribution is 14.0. The van der Waals surface area contributed by atoms with E-state index >= 15 is 0 Å². The van der Waals surface area contributed by atoms with Crippen molar-refractivity contribution < 1.29 is 4.79 Å². The van der Waals surface area contributed by atoms with Gasteiger partial charge in [-0.05, 0) is 48.4 Å². The Hall–Kier alpha value is -1.61. The minimum absolute atomic E-state index is 0. The van der Waals surface area contributed by atoms with Crippen molar-refractivity contribution in [1.29, 1.82) is 0 Å². The Morgan fingerprint density at radius 1 is 1.29 bits per heavy atom. The highest BCUT2D eigenvalue weighted by atomic mass is 127. The second-order valence-electron chi connectivity index (χ2n) is 6.97. The van der Waals surface area contributed by atoms with E-state index in [2.05, 4.69) is 51.2 Å². The van der Waals surface area contributed by atoms with Crippen molar-refractivity contribution in [3.05, 3.63) is 52.2 Å². The number of carbonyl (C=O) groups excluding carboxylic acids is 1. The van der Waals surface area contributed by atoms with Gasteiger partial charge in [-0.25, -0.2) is 0 Å². The Kier molecular flexibility index (Phi) is 9.24. The fourth-order valence-corrected chi connectivity index (χ4v) is 3.78. The predicted molar refractivity (Wildman–Crippen MR) is 129 cm³/mol.